The van der Waals surface area contributed by atoms with Crippen molar-refractivity contribution < 1.29 is 12.8 Å². The Morgan fingerprint density at radius 2 is 1.93 bits per heavy atom. The fraction of sp³-hybridized carbons (Fsp3) is 0.286. The number of hydrogen-bond acceptors (Lipinski definition) is 3. The van der Waals surface area contributed by atoms with Gasteiger partial charge in [0, 0.05) is 18.8 Å². The molecule has 27 heavy (non-hydrogen) atoms. The topological polar surface area (TPSA) is 50.3 Å². The van der Waals surface area contributed by atoms with Gasteiger partial charge in [-0.25, -0.2) is 22.1 Å². The summed E-state index contributed by atoms with van der Waals surface area (Å²) in [6.45, 7) is 2.77. The molecule has 1 aliphatic heterocycles. The zero-order valence-electron chi connectivity index (χ0n) is 15.2. The third-order valence-corrected chi connectivity index (χ3v) is 6.21. The number of allylic oxidation sites excluding steroid dienone is 1. The molecule has 0 saturated carbocycles. The molecule has 2 heterocycles. The molecule has 4 nitrogen and oxygen atoms in total. The van der Waals surface area contributed by atoms with E-state index in [0.29, 0.717) is 31.5 Å². The minimum Gasteiger partial charge on any atom is -0.245 e. The van der Waals surface area contributed by atoms with E-state index in [9.17, 15) is 12.8 Å². The average molecular weight is 384 g/mol. The van der Waals surface area contributed by atoms with Gasteiger partial charge in [0.15, 0.2) is 0 Å². The van der Waals surface area contributed by atoms with Crippen LogP contribution in [0.4, 0.5) is 4.39 Å². The number of aromatic nitrogens is 1. The number of rotatable bonds is 3. The molecule has 1 fully saturated rings. The summed E-state index contributed by atoms with van der Waals surface area (Å²) in [7, 11) is -3.45. The Morgan fingerprint density at radius 1 is 1.19 bits per heavy atom. The van der Waals surface area contributed by atoms with Crippen LogP contribution in [0, 0.1) is 24.6 Å². The molecule has 1 saturated heterocycles. The minimum atomic E-state index is -3.45. The van der Waals surface area contributed by atoms with E-state index < -0.39 is 15.8 Å². The lowest BCUT2D eigenvalue weighted by Gasteiger charge is -2.27. The Balaban J connectivity index is 1.59. The molecule has 0 N–H and O–H groups in total. The van der Waals surface area contributed by atoms with Gasteiger partial charge in [0.1, 0.15) is 11.5 Å². The van der Waals surface area contributed by atoms with Crippen LogP contribution in [-0.2, 0) is 15.8 Å². The maximum Gasteiger partial charge on any atom is 0.218 e. The minimum absolute atomic E-state index is 0.178. The highest BCUT2D eigenvalue weighted by atomic mass is 32.2. The van der Waals surface area contributed by atoms with Crippen molar-refractivity contribution in [3.63, 3.8) is 0 Å². The fourth-order valence-corrected chi connectivity index (χ4v) is 4.47. The molecule has 6 heteroatoms. The van der Waals surface area contributed by atoms with E-state index in [1.165, 1.54) is 22.5 Å². The number of piperidine rings is 1. The Bertz CT molecular complexity index is 1010. The van der Waals surface area contributed by atoms with Crippen molar-refractivity contribution in [2.75, 3.05) is 13.1 Å². The standard InChI is InChI=1S/C21H21FN2O2S/c1-17-5-2-9-21(23-17)10-4-6-18-11-13-24(14-12-18)27(25,26)16-19-7-3-8-20(22)15-19/h2-3,5-9,15H,11-14,16H2,1H3. The van der Waals surface area contributed by atoms with Crippen molar-refractivity contribution in [3.8, 4) is 11.8 Å². The summed E-state index contributed by atoms with van der Waals surface area (Å²) < 4.78 is 39.8. The summed E-state index contributed by atoms with van der Waals surface area (Å²) in [6.07, 6.45) is 3.16. The maximum absolute atomic E-state index is 13.3. The average Bonchev–Trinajstić information content (AvgIpc) is 2.62. The zero-order chi connectivity index (χ0) is 19.3. The molecule has 1 aliphatic rings. The van der Waals surface area contributed by atoms with Crippen LogP contribution in [0.1, 0.15) is 29.8 Å². The zero-order valence-corrected chi connectivity index (χ0v) is 16.0. The van der Waals surface area contributed by atoms with Gasteiger partial charge in [-0.3, -0.25) is 0 Å². The van der Waals surface area contributed by atoms with Gasteiger partial charge in [0.05, 0.1) is 5.75 Å². The van der Waals surface area contributed by atoms with Crippen LogP contribution in [-0.4, -0.2) is 30.8 Å². The van der Waals surface area contributed by atoms with Gasteiger partial charge in [-0.2, -0.15) is 0 Å². The van der Waals surface area contributed by atoms with Crippen LogP contribution in [0.2, 0.25) is 0 Å². The lowest BCUT2D eigenvalue weighted by atomic mass is 10.1. The van der Waals surface area contributed by atoms with Crippen molar-refractivity contribution >= 4 is 10.0 Å². The van der Waals surface area contributed by atoms with Crippen LogP contribution in [0.25, 0.3) is 0 Å². The Labute approximate surface area is 159 Å². The second-order valence-corrected chi connectivity index (χ2v) is 8.49. The first-order valence-electron chi connectivity index (χ1n) is 8.78. The quantitative estimate of drug-likeness (QED) is 0.762. The van der Waals surface area contributed by atoms with E-state index in [0.717, 1.165) is 17.0 Å². The number of nitrogens with zero attached hydrogens (tertiary/aromatic N) is 2. The highest BCUT2D eigenvalue weighted by Gasteiger charge is 2.25. The predicted octanol–water partition coefficient (Wildman–Crippen LogP) is 3.43. The Kier molecular flexibility index (Phi) is 6.04. The van der Waals surface area contributed by atoms with Gasteiger partial charge >= 0.3 is 0 Å². The second kappa shape index (κ2) is 8.47. The van der Waals surface area contributed by atoms with Crippen LogP contribution < -0.4 is 0 Å². The molecule has 0 bridgehead atoms. The fourth-order valence-electron chi connectivity index (χ4n) is 2.95. The Hall–Kier alpha value is -2.49. The summed E-state index contributed by atoms with van der Waals surface area (Å²) in [4.78, 5) is 4.33. The first-order chi connectivity index (χ1) is 12.9. The summed E-state index contributed by atoms with van der Waals surface area (Å²) >= 11 is 0. The molecule has 0 radical (unpaired) electrons. The summed E-state index contributed by atoms with van der Waals surface area (Å²) in [5.41, 5.74) is 3.24. The van der Waals surface area contributed by atoms with Crippen molar-refractivity contribution in [2.45, 2.75) is 25.5 Å². The number of aryl methyl sites for hydroxylation is 1. The smallest absolute Gasteiger partial charge is 0.218 e. The SMILES string of the molecule is Cc1cccc(C#CC=C2CCN(S(=O)(=O)Cc3cccc(F)c3)CC2)n1. The van der Waals surface area contributed by atoms with Crippen LogP contribution >= 0.6 is 0 Å². The molecule has 0 atom stereocenters. The highest BCUT2D eigenvalue weighted by molar-refractivity contribution is 7.88. The normalized spacial score (nSPS) is 15.1. The van der Waals surface area contributed by atoms with Gasteiger partial charge in [-0.1, -0.05) is 29.7 Å². The largest absolute Gasteiger partial charge is 0.245 e. The molecule has 0 spiro atoms. The molecule has 1 aromatic carbocycles. The molecule has 3 rings (SSSR count). The van der Waals surface area contributed by atoms with Gasteiger partial charge in [0.2, 0.25) is 10.0 Å². The number of halogens is 1. The van der Waals surface area contributed by atoms with E-state index >= 15 is 0 Å². The van der Waals surface area contributed by atoms with Crippen molar-refractivity contribution in [1.82, 2.24) is 9.29 Å². The monoisotopic (exact) mass is 384 g/mol. The van der Waals surface area contributed by atoms with Crippen LogP contribution in [0.3, 0.4) is 0 Å². The molecule has 140 valence electrons. The number of sulfonamides is 1. The number of pyridine rings is 1. The van der Waals surface area contributed by atoms with Crippen molar-refractivity contribution in [3.05, 3.63) is 76.9 Å². The molecule has 0 unspecified atom stereocenters. The van der Waals surface area contributed by atoms with E-state index in [-0.39, 0.29) is 5.75 Å². The molecular weight excluding hydrogens is 363 g/mol. The van der Waals surface area contributed by atoms with Crippen LogP contribution in [0.5, 0.6) is 0 Å². The van der Waals surface area contributed by atoms with Crippen LogP contribution in [0.15, 0.2) is 54.1 Å². The third-order valence-electron chi connectivity index (χ3n) is 4.36. The molecule has 1 aromatic heterocycles. The van der Waals surface area contributed by atoms with Crippen molar-refractivity contribution in [1.29, 1.82) is 0 Å². The van der Waals surface area contributed by atoms with E-state index in [4.69, 9.17) is 0 Å². The summed E-state index contributed by atoms with van der Waals surface area (Å²) in [5.74, 6) is 5.42. The highest BCUT2D eigenvalue weighted by Crippen LogP contribution is 2.21. The molecule has 0 amide bonds. The first-order valence-corrected chi connectivity index (χ1v) is 10.4. The maximum atomic E-state index is 13.3. The first kappa shape index (κ1) is 19.3. The van der Waals surface area contributed by atoms with Crippen molar-refractivity contribution in [2.24, 2.45) is 0 Å². The summed E-state index contributed by atoms with van der Waals surface area (Å²) in [5, 5.41) is 0. The Morgan fingerprint density at radius 3 is 2.63 bits per heavy atom. The lowest BCUT2D eigenvalue weighted by molar-refractivity contribution is 0.386. The molecule has 0 aliphatic carbocycles. The van der Waals surface area contributed by atoms with E-state index in [1.807, 2.05) is 31.2 Å². The molecular formula is C21H21FN2O2S. The van der Waals surface area contributed by atoms with Gasteiger partial charge < -0.3 is 0 Å². The van der Waals surface area contributed by atoms with E-state index in [2.05, 4.69) is 16.8 Å². The van der Waals surface area contributed by atoms with Gasteiger partial charge in [0.25, 0.3) is 0 Å². The second-order valence-electron chi connectivity index (χ2n) is 6.52. The third kappa shape index (κ3) is 5.49. The predicted molar refractivity (Wildman–Crippen MR) is 104 cm³/mol. The van der Waals surface area contributed by atoms with E-state index in [1.54, 1.807) is 6.07 Å². The molecule has 2 aromatic rings. The van der Waals surface area contributed by atoms with Gasteiger partial charge in [-0.05, 0) is 61.6 Å². The number of hydrogen-bond donors (Lipinski definition) is 0. The number of benzene rings is 1. The lowest BCUT2D eigenvalue weighted by Crippen LogP contribution is -2.37. The van der Waals surface area contributed by atoms with Gasteiger partial charge in [-0.15, -0.1) is 0 Å². The summed E-state index contributed by atoms with van der Waals surface area (Å²) in [6, 6.07) is 11.4.